The lowest BCUT2D eigenvalue weighted by Gasteiger charge is -2.25. The molecule has 7 nitrogen and oxygen atoms in total. The first kappa shape index (κ1) is 13.5. The van der Waals surface area contributed by atoms with Crippen molar-refractivity contribution in [3.8, 4) is 5.75 Å². The van der Waals surface area contributed by atoms with Crippen molar-refractivity contribution >= 4 is 11.7 Å². The molecule has 4 rings (SSSR count). The van der Waals surface area contributed by atoms with Gasteiger partial charge in [0.05, 0.1) is 23.9 Å². The summed E-state index contributed by atoms with van der Waals surface area (Å²) in [5.74, 6) is 0.230. The van der Waals surface area contributed by atoms with E-state index in [1.165, 1.54) is 0 Å². The van der Waals surface area contributed by atoms with E-state index in [4.69, 9.17) is 9.47 Å². The van der Waals surface area contributed by atoms with Gasteiger partial charge in [-0.3, -0.25) is 4.90 Å². The molecule has 0 aliphatic carbocycles. The second-order valence-electron chi connectivity index (χ2n) is 5.49. The first-order valence-electron chi connectivity index (χ1n) is 7.49. The molecule has 0 saturated carbocycles. The van der Waals surface area contributed by atoms with Crippen molar-refractivity contribution in [2.24, 2.45) is 10.3 Å². The number of benzene rings is 1. The van der Waals surface area contributed by atoms with Crippen LogP contribution in [0.4, 0.5) is 0 Å². The highest BCUT2D eigenvalue weighted by molar-refractivity contribution is 6.17. The van der Waals surface area contributed by atoms with Gasteiger partial charge in [-0.25, -0.2) is 4.79 Å². The normalized spacial score (nSPS) is 24.2. The number of hydrogen-bond acceptors (Lipinski definition) is 6. The number of ether oxygens (including phenoxy) is 2. The van der Waals surface area contributed by atoms with Crippen LogP contribution in [0.25, 0.3) is 0 Å². The molecular formula is C15H17N4O3+. The van der Waals surface area contributed by atoms with E-state index >= 15 is 0 Å². The molecule has 22 heavy (non-hydrogen) atoms. The van der Waals surface area contributed by atoms with Gasteiger partial charge in [-0.2, -0.15) is 0 Å². The van der Waals surface area contributed by atoms with Gasteiger partial charge in [0.25, 0.3) is 0 Å². The summed E-state index contributed by atoms with van der Waals surface area (Å²) in [6.45, 7) is 4.99. The highest BCUT2D eigenvalue weighted by Crippen LogP contribution is 2.29. The third-order valence-corrected chi connectivity index (χ3v) is 4.14. The summed E-state index contributed by atoms with van der Waals surface area (Å²) >= 11 is 0. The second-order valence-corrected chi connectivity index (χ2v) is 5.49. The molecule has 1 fully saturated rings. The molecule has 0 bridgehead atoms. The minimum absolute atomic E-state index is 0.355. The Bertz CT molecular complexity index is 665. The van der Waals surface area contributed by atoms with E-state index in [0.717, 1.165) is 44.1 Å². The monoisotopic (exact) mass is 301 g/mol. The van der Waals surface area contributed by atoms with E-state index in [0.29, 0.717) is 12.3 Å². The number of esters is 1. The first-order chi connectivity index (χ1) is 10.8. The summed E-state index contributed by atoms with van der Waals surface area (Å²) < 4.78 is 12.5. The summed E-state index contributed by atoms with van der Waals surface area (Å²) in [6, 6.07) is 6.91. The Morgan fingerprint density at radius 1 is 1.27 bits per heavy atom. The van der Waals surface area contributed by atoms with Crippen LogP contribution in [0.5, 0.6) is 5.75 Å². The van der Waals surface area contributed by atoms with Gasteiger partial charge in [-0.1, -0.05) is 12.1 Å². The molecule has 3 aliphatic rings. The van der Waals surface area contributed by atoms with Crippen LogP contribution in [0.3, 0.4) is 0 Å². The maximum Gasteiger partial charge on any atom is 0.372 e. The van der Waals surface area contributed by atoms with Crippen LogP contribution in [0.15, 0.2) is 34.6 Å². The second kappa shape index (κ2) is 5.58. The number of rotatable bonds is 3. The lowest BCUT2D eigenvalue weighted by atomic mass is 10.00. The highest BCUT2D eigenvalue weighted by atomic mass is 16.5. The molecule has 7 heteroatoms. The van der Waals surface area contributed by atoms with E-state index < -0.39 is 6.04 Å². The Morgan fingerprint density at radius 2 is 2.09 bits per heavy atom. The van der Waals surface area contributed by atoms with E-state index in [1.54, 1.807) is 6.07 Å². The van der Waals surface area contributed by atoms with Gasteiger partial charge >= 0.3 is 12.0 Å². The summed E-state index contributed by atoms with van der Waals surface area (Å²) in [7, 11) is 0. The van der Waals surface area contributed by atoms with E-state index in [2.05, 4.69) is 15.2 Å². The molecule has 1 atom stereocenters. The molecule has 0 aromatic heterocycles. The van der Waals surface area contributed by atoms with Crippen LogP contribution < -0.4 is 4.74 Å². The minimum Gasteiger partial charge on any atom is -0.422 e. The Hall–Kier alpha value is -2.12. The largest absolute Gasteiger partial charge is 0.422 e. The third-order valence-electron chi connectivity index (χ3n) is 4.14. The Kier molecular flexibility index (Phi) is 3.44. The zero-order valence-corrected chi connectivity index (χ0v) is 12.1. The van der Waals surface area contributed by atoms with Gasteiger partial charge in [-0.15, -0.1) is 4.68 Å². The maximum atomic E-state index is 12.0. The molecule has 0 radical (unpaired) electrons. The average Bonchev–Trinajstić information content (AvgIpc) is 2.99. The van der Waals surface area contributed by atoms with Crippen LogP contribution in [0.2, 0.25) is 0 Å². The van der Waals surface area contributed by atoms with Crippen molar-refractivity contribution in [1.29, 1.82) is 0 Å². The smallest absolute Gasteiger partial charge is 0.372 e. The van der Waals surface area contributed by atoms with Crippen LogP contribution in [0, 0.1) is 0 Å². The molecule has 1 saturated heterocycles. The fraction of sp³-hybridized carbons (Fsp3) is 0.467. The summed E-state index contributed by atoms with van der Waals surface area (Å²) in [6.07, 6.45) is 0. The number of carbonyl (C=O) groups is 1. The summed E-state index contributed by atoms with van der Waals surface area (Å²) in [5, 5.41) is 8.26. The van der Waals surface area contributed by atoms with Crippen LogP contribution in [-0.4, -0.2) is 66.7 Å². The highest BCUT2D eigenvalue weighted by Gasteiger charge is 2.46. The topological polar surface area (TPSA) is 66.5 Å². The lowest BCUT2D eigenvalue weighted by Crippen LogP contribution is -2.42. The molecule has 0 N–H and O–H groups in total. The van der Waals surface area contributed by atoms with Crippen molar-refractivity contribution in [2.75, 3.05) is 39.4 Å². The zero-order valence-electron chi connectivity index (χ0n) is 12.1. The van der Waals surface area contributed by atoms with Crippen molar-refractivity contribution in [1.82, 2.24) is 4.90 Å². The van der Waals surface area contributed by atoms with Gasteiger partial charge in [0.2, 0.25) is 5.71 Å². The number of hydrogen-bond donors (Lipinski definition) is 0. The SMILES string of the molecule is O=C1Oc2ccccc2C2=[N+](CCN3CCOCC3)N=NC12. The number of fused-ring (bicyclic) bond motifs is 3. The molecular weight excluding hydrogens is 284 g/mol. The number of nitrogens with zero attached hydrogens (tertiary/aromatic N) is 4. The minimum atomic E-state index is -0.625. The molecule has 0 amide bonds. The first-order valence-corrected chi connectivity index (χ1v) is 7.49. The Morgan fingerprint density at radius 3 is 2.95 bits per heavy atom. The molecule has 1 aromatic carbocycles. The number of carbonyl (C=O) groups excluding carboxylic acids is 1. The molecule has 3 heterocycles. The molecule has 0 spiro atoms. The number of morpholine rings is 1. The molecule has 1 unspecified atom stereocenters. The van der Waals surface area contributed by atoms with Gasteiger partial charge in [0.15, 0.2) is 0 Å². The molecule has 114 valence electrons. The van der Waals surface area contributed by atoms with Gasteiger partial charge in [0, 0.05) is 19.6 Å². The van der Waals surface area contributed by atoms with Crippen LogP contribution in [-0.2, 0) is 9.53 Å². The summed E-state index contributed by atoms with van der Waals surface area (Å²) in [5.41, 5.74) is 1.74. The van der Waals surface area contributed by atoms with Crippen molar-refractivity contribution in [3.05, 3.63) is 29.8 Å². The standard InChI is InChI=1S/C15H17N4O3/c20-15-13-14(11-3-1-2-4-12(11)22-15)19(17-16-13)6-5-18-7-9-21-10-8-18/h1-4,13H,5-10H2/q+1. The van der Waals surface area contributed by atoms with Gasteiger partial charge < -0.3 is 9.47 Å². The van der Waals surface area contributed by atoms with Gasteiger partial charge in [0.1, 0.15) is 17.5 Å². The third kappa shape index (κ3) is 2.32. The van der Waals surface area contributed by atoms with Crippen LogP contribution in [0.1, 0.15) is 5.56 Å². The number of para-hydroxylation sites is 1. The maximum absolute atomic E-state index is 12.0. The Labute approximate surface area is 127 Å². The predicted molar refractivity (Wildman–Crippen MR) is 77.2 cm³/mol. The molecule has 1 aromatic rings. The van der Waals surface area contributed by atoms with Crippen LogP contribution >= 0.6 is 0 Å². The summed E-state index contributed by atoms with van der Waals surface area (Å²) in [4.78, 5) is 14.4. The van der Waals surface area contributed by atoms with Crippen molar-refractivity contribution in [2.45, 2.75) is 6.04 Å². The Balaban J connectivity index is 1.60. The van der Waals surface area contributed by atoms with Crippen molar-refractivity contribution < 1.29 is 19.0 Å². The predicted octanol–water partition coefficient (Wildman–Crippen LogP) is 0.489. The van der Waals surface area contributed by atoms with E-state index in [9.17, 15) is 4.79 Å². The zero-order chi connectivity index (χ0) is 14.9. The van der Waals surface area contributed by atoms with Gasteiger partial charge in [-0.05, 0) is 12.1 Å². The van der Waals surface area contributed by atoms with E-state index in [1.807, 2.05) is 22.9 Å². The average molecular weight is 301 g/mol. The fourth-order valence-electron chi connectivity index (χ4n) is 2.96. The van der Waals surface area contributed by atoms with Crippen molar-refractivity contribution in [3.63, 3.8) is 0 Å². The quantitative estimate of drug-likeness (QED) is 0.463. The fourth-order valence-corrected chi connectivity index (χ4v) is 2.96. The lowest BCUT2D eigenvalue weighted by molar-refractivity contribution is -0.535. The molecule has 3 aliphatic heterocycles. The van der Waals surface area contributed by atoms with E-state index in [-0.39, 0.29) is 5.97 Å².